The van der Waals surface area contributed by atoms with E-state index in [9.17, 15) is 4.79 Å². The predicted molar refractivity (Wildman–Crippen MR) is 123 cm³/mol. The Morgan fingerprint density at radius 2 is 1.55 bits per heavy atom. The molecule has 5 heteroatoms. The van der Waals surface area contributed by atoms with Gasteiger partial charge in [0.05, 0.1) is 0 Å². The van der Waals surface area contributed by atoms with Crippen molar-refractivity contribution in [3.63, 3.8) is 0 Å². The summed E-state index contributed by atoms with van der Waals surface area (Å²) in [6, 6.07) is 29.0. The minimum absolute atomic E-state index is 0.0356. The van der Waals surface area contributed by atoms with Gasteiger partial charge in [-0.05, 0) is 0 Å². The molecule has 5 atom stereocenters. The summed E-state index contributed by atoms with van der Waals surface area (Å²) in [4.78, 5) is 15.4. The zero-order valence-corrected chi connectivity index (χ0v) is 19.3. The quantitative estimate of drug-likeness (QED) is 0.411. The van der Waals surface area contributed by atoms with Crippen molar-refractivity contribution in [2.75, 3.05) is 12.0 Å². The summed E-state index contributed by atoms with van der Waals surface area (Å²) in [5, 5.41) is 0. The first kappa shape index (κ1) is 20.3. The van der Waals surface area contributed by atoms with Crippen LogP contribution in [0.1, 0.15) is 18.6 Å². The number of hydrogen-bond donors (Lipinski definition) is 0. The molecule has 0 bridgehead atoms. The minimum atomic E-state index is -0.111. The molecule has 1 amide bonds. The molecular weight excluding hydrogens is 453 g/mol. The second kappa shape index (κ2) is 8.51. The van der Waals surface area contributed by atoms with Gasteiger partial charge in [-0.3, -0.25) is 0 Å². The van der Waals surface area contributed by atoms with Gasteiger partial charge in [0.2, 0.25) is 0 Å². The Morgan fingerprint density at radius 1 is 0.903 bits per heavy atom. The third-order valence-corrected chi connectivity index (χ3v) is 9.00. The maximum atomic E-state index is 13.2. The average Bonchev–Trinajstić information content (AvgIpc) is 2.81. The van der Waals surface area contributed by atoms with Crippen molar-refractivity contribution < 1.29 is 14.3 Å². The fourth-order valence-electron chi connectivity index (χ4n) is 4.68. The number of amides is 1. The maximum absolute atomic E-state index is 13.2. The van der Waals surface area contributed by atoms with Crippen LogP contribution in [-0.2, 0) is 9.53 Å². The van der Waals surface area contributed by atoms with E-state index in [1.54, 1.807) is 7.11 Å². The molecule has 0 spiro atoms. The van der Waals surface area contributed by atoms with Crippen molar-refractivity contribution in [3.05, 3.63) is 90.5 Å². The first-order valence-corrected chi connectivity index (χ1v) is 12.4. The van der Waals surface area contributed by atoms with E-state index in [-0.39, 0.29) is 49.8 Å². The van der Waals surface area contributed by atoms with E-state index in [1.807, 2.05) is 48.2 Å². The standard InChI is InChI=1S/C26H25NO3Se/c1-17-22-23(27(26(22)28)19-13-15-20(29-2)16-14-19)25(31-21-11-7-4-8-12-21)24(30-17)18-9-5-3-6-10-18/h3-17,22-25H,1-2H3/t17-,22-,23-,24-,25+/m1/s1. The van der Waals surface area contributed by atoms with Crippen LogP contribution in [0.15, 0.2) is 84.9 Å². The molecule has 5 rings (SSSR count). The van der Waals surface area contributed by atoms with E-state index in [1.165, 1.54) is 10.0 Å². The first-order chi connectivity index (χ1) is 15.2. The van der Waals surface area contributed by atoms with Gasteiger partial charge in [0.15, 0.2) is 0 Å². The number of carbonyl (C=O) groups is 1. The fraction of sp³-hybridized carbons (Fsp3) is 0.269. The molecule has 0 aromatic heterocycles. The Kier molecular flexibility index (Phi) is 5.58. The molecular formula is C26H25NO3Se. The molecule has 0 aliphatic carbocycles. The van der Waals surface area contributed by atoms with Crippen LogP contribution in [0, 0.1) is 5.92 Å². The fourth-order valence-corrected chi connectivity index (χ4v) is 7.62. The van der Waals surface area contributed by atoms with Crippen LogP contribution >= 0.6 is 0 Å². The Balaban J connectivity index is 1.54. The van der Waals surface area contributed by atoms with Gasteiger partial charge < -0.3 is 0 Å². The molecule has 0 unspecified atom stereocenters. The Morgan fingerprint density at radius 3 is 2.19 bits per heavy atom. The molecule has 2 aliphatic heterocycles. The third-order valence-electron chi connectivity index (χ3n) is 6.18. The molecule has 0 saturated carbocycles. The van der Waals surface area contributed by atoms with E-state index in [2.05, 4.69) is 48.5 Å². The van der Waals surface area contributed by atoms with E-state index in [0.717, 1.165) is 11.4 Å². The Bertz CT molecular complexity index is 1040. The van der Waals surface area contributed by atoms with Gasteiger partial charge in [-0.15, -0.1) is 0 Å². The molecule has 3 aromatic rings. The molecule has 158 valence electrons. The molecule has 2 fully saturated rings. The summed E-state index contributed by atoms with van der Waals surface area (Å²) < 4.78 is 13.2. The number of anilines is 1. The number of nitrogens with zero attached hydrogens (tertiary/aromatic N) is 1. The monoisotopic (exact) mass is 479 g/mol. The summed E-state index contributed by atoms with van der Waals surface area (Å²) in [7, 11) is 1.66. The van der Waals surface area contributed by atoms with Crippen molar-refractivity contribution in [3.8, 4) is 5.75 Å². The first-order valence-electron chi connectivity index (χ1n) is 10.6. The van der Waals surface area contributed by atoms with Crippen LogP contribution in [-0.4, -0.2) is 40.1 Å². The zero-order chi connectivity index (χ0) is 21.4. The molecule has 31 heavy (non-hydrogen) atoms. The second-order valence-electron chi connectivity index (χ2n) is 7.99. The van der Waals surface area contributed by atoms with Crippen LogP contribution in [0.25, 0.3) is 0 Å². The summed E-state index contributed by atoms with van der Waals surface area (Å²) in [6.07, 6.45) is -0.147. The number of carbonyl (C=O) groups excluding carboxylic acids is 1. The zero-order valence-electron chi connectivity index (χ0n) is 17.5. The number of fused-ring (bicyclic) bond motifs is 1. The molecule has 2 heterocycles. The third kappa shape index (κ3) is 3.67. The van der Waals surface area contributed by atoms with E-state index < -0.39 is 0 Å². The number of rotatable bonds is 5. The summed E-state index contributed by atoms with van der Waals surface area (Å²) in [6.45, 7) is 2.04. The number of methoxy groups -OCH3 is 1. The summed E-state index contributed by atoms with van der Waals surface area (Å²) in [5.41, 5.74) is 2.12. The molecule has 4 nitrogen and oxygen atoms in total. The van der Waals surface area contributed by atoms with Gasteiger partial charge in [-0.25, -0.2) is 0 Å². The Labute approximate surface area is 189 Å². The van der Waals surface area contributed by atoms with E-state index in [4.69, 9.17) is 9.47 Å². The van der Waals surface area contributed by atoms with Gasteiger partial charge in [0, 0.05) is 0 Å². The van der Waals surface area contributed by atoms with Crippen LogP contribution in [0.2, 0.25) is 4.82 Å². The number of ether oxygens (including phenoxy) is 2. The van der Waals surface area contributed by atoms with Crippen molar-refractivity contribution in [2.45, 2.75) is 30.0 Å². The van der Waals surface area contributed by atoms with Crippen LogP contribution in [0.3, 0.4) is 0 Å². The molecule has 3 aromatic carbocycles. The van der Waals surface area contributed by atoms with Crippen LogP contribution in [0.5, 0.6) is 5.75 Å². The van der Waals surface area contributed by atoms with Gasteiger partial charge in [-0.2, -0.15) is 0 Å². The average molecular weight is 478 g/mol. The molecule has 2 aliphatic rings. The predicted octanol–water partition coefficient (Wildman–Crippen LogP) is 4.00. The second-order valence-corrected chi connectivity index (χ2v) is 10.6. The SMILES string of the molecule is COc1ccc(N2C(=O)[C@H]3[C@@H]2[C@H]([Se]c2ccccc2)[C@@H](c2ccccc2)O[C@@H]3C)cc1. The van der Waals surface area contributed by atoms with E-state index in [0.29, 0.717) is 0 Å². The topological polar surface area (TPSA) is 38.8 Å². The molecule has 0 N–H and O–H groups in total. The van der Waals surface area contributed by atoms with Crippen molar-refractivity contribution in [1.29, 1.82) is 0 Å². The van der Waals surface area contributed by atoms with Crippen LogP contribution in [0.4, 0.5) is 5.69 Å². The molecule has 0 radical (unpaired) electrons. The number of hydrogen-bond acceptors (Lipinski definition) is 3. The summed E-state index contributed by atoms with van der Waals surface area (Å²) >= 11 is 0.149. The van der Waals surface area contributed by atoms with Crippen molar-refractivity contribution in [2.24, 2.45) is 5.92 Å². The van der Waals surface area contributed by atoms with Crippen molar-refractivity contribution >= 4 is 31.0 Å². The van der Waals surface area contributed by atoms with Crippen molar-refractivity contribution in [1.82, 2.24) is 0 Å². The van der Waals surface area contributed by atoms with E-state index >= 15 is 0 Å². The number of benzene rings is 3. The van der Waals surface area contributed by atoms with Gasteiger partial charge >= 0.3 is 189 Å². The number of β-lactam (4-membered cyclic amide) rings is 1. The van der Waals surface area contributed by atoms with Gasteiger partial charge in [0.1, 0.15) is 0 Å². The van der Waals surface area contributed by atoms with Gasteiger partial charge in [0.25, 0.3) is 0 Å². The van der Waals surface area contributed by atoms with Crippen LogP contribution < -0.4 is 14.1 Å². The Hall–Kier alpha value is -2.59. The normalized spacial score (nSPS) is 27.4. The van der Waals surface area contributed by atoms with Gasteiger partial charge in [-0.1, -0.05) is 0 Å². The molecule has 2 saturated heterocycles. The summed E-state index contributed by atoms with van der Waals surface area (Å²) in [5.74, 6) is 0.849.